The predicted octanol–water partition coefficient (Wildman–Crippen LogP) is 5.51. The second-order valence-electron chi connectivity index (χ2n) is 9.00. The number of rotatable bonds is 5. The van der Waals surface area contributed by atoms with Crippen molar-refractivity contribution in [3.05, 3.63) is 64.7 Å². The molecule has 0 fully saturated rings. The fourth-order valence-electron chi connectivity index (χ4n) is 3.73. The van der Waals surface area contributed by atoms with Gasteiger partial charge in [-0.15, -0.1) is 0 Å². The molecule has 1 aliphatic carbocycles. The van der Waals surface area contributed by atoms with Crippen molar-refractivity contribution in [3.8, 4) is 5.75 Å². The van der Waals surface area contributed by atoms with E-state index >= 15 is 0 Å². The molecule has 0 bridgehead atoms. The van der Waals surface area contributed by atoms with Gasteiger partial charge in [-0.2, -0.15) is 0 Å². The minimum absolute atomic E-state index is 0.0592. The lowest BCUT2D eigenvalue weighted by Crippen LogP contribution is -2.37. The van der Waals surface area contributed by atoms with Gasteiger partial charge < -0.3 is 10.1 Å². The smallest absolute Gasteiger partial charge is 0.261 e. The van der Waals surface area contributed by atoms with Crippen molar-refractivity contribution in [1.29, 1.82) is 0 Å². The van der Waals surface area contributed by atoms with Crippen LogP contribution in [-0.2, 0) is 23.1 Å². The monoisotopic (exact) mass is 379 g/mol. The van der Waals surface area contributed by atoms with E-state index < -0.39 is 6.10 Å². The van der Waals surface area contributed by atoms with Crippen LogP contribution in [-0.4, -0.2) is 12.0 Å². The lowest BCUT2D eigenvalue weighted by atomic mass is 9.86. The van der Waals surface area contributed by atoms with Crippen LogP contribution in [0.15, 0.2) is 42.5 Å². The van der Waals surface area contributed by atoms with Gasteiger partial charge in [-0.05, 0) is 79.3 Å². The normalized spacial score (nSPS) is 16.0. The number of benzene rings is 2. The molecule has 2 aromatic carbocycles. The van der Waals surface area contributed by atoms with Crippen LogP contribution >= 0.6 is 0 Å². The molecule has 2 atom stereocenters. The average Bonchev–Trinajstić information content (AvgIpc) is 2.67. The first-order valence-electron chi connectivity index (χ1n) is 10.4. The van der Waals surface area contributed by atoms with Gasteiger partial charge in [0.2, 0.25) is 0 Å². The second-order valence-corrected chi connectivity index (χ2v) is 9.00. The number of nitrogens with one attached hydrogen (secondary N) is 1. The lowest BCUT2D eigenvalue weighted by Gasteiger charge is -2.22. The van der Waals surface area contributed by atoms with Gasteiger partial charge in [0.15, 0.2) is 6.10 Å². The molecule has 3 rings (SSSR count). The molecule has 150 valence electrons. The van der Waals surface area contributed by atoms with E-state index in [1.54, 1.807) is 0 Å². The molecule has 1 N–H and O–H groups in total. The maximum atomic E-state index is 12.6. The van der Waals surface area contributed by atoms with Crippen LogP contribution in [0.5, 0.6) is 5.75 Å². The summed E-state index contributed by atoms with van der Waals surface area (Å²) in [6, 6.07) is 14.7. The van der Waals surface area contributed by atoms with Crippen LogP contribution in [0.25, 0.3) is 0 Å². The Kier molecular flexibility index (Phi) is 6.12. The number of amides is 1. The van der Waals surface area contributed by atoms with Crippen molar-refractivity contribution in [2.45, 2.75) is 77.9 Å². The summed E-state index contributed by atoms with van der Waals surface area (Å²) in [5.74, 6) is 0.690. The van der Waals surface area contributed by atoms with Gasteiger partial charge in [0.05, 0.1) is 6.04 Å². The fourth-order valence-corrected chi connectivity index (χ4v) is 3.73. The number of carbonyl (C=O) groups is 1. The van der Waals surface area contributed by atoms with Crippen LogP contribution in [0.2, 0.25) is 0 Å². The van der Waals surface area contributed by atoms with E-state index in [0.29, 0.717) is 0 Å². The molecule has 1 aliphatic rings. The molecule has 3 heteroatoms. The Bertz CT molecular complexity index is 817. The summed E-state index contributed by atoms with van der Waals surface area (Å²) in [5, 5.41) is 3.07. The zero-order valence-corrected chi connectivity index (χ0v) is 17.8. The maximum Gasteiger partial charge on any atom is 0.261 e. The fraction of sp³-hybridized carbons (Fsp3) is 0.480. The Hall–Kier alpha value is -2.29. The zero-order chi connectivity index (χ0) is 20.3. The molecule has 0 saturated heterocycles. The van der Waals surface area contributed by atoms with Gasteiger partial charge in [-0.3, -0.25) is 4.79 Å². The number of carbonyl (C=O) groups excluding carboxylic acids is 1. The number of hydrogen-bond acceptors (Lipinski definition) is 2. The highest BCUT2D eigenvalue weighted by Gasteiger charge is 2.19. The Labute approximate surface area is 169 Å². The lowest BCUT2D eigenvalue weighted by molar-refractivity contribution is -0.127. The molecule has 0 radical (unpaired) electrons. The Morgan fingerprint density at radius 1 is 0.964 bits per heavy atom. The summed E-state index contributed by atoms with van der Waals surface area (Å²) in [5.41, 5.74) is 5.30. The number of fused-ring (bicyclic) bond motifs is 1. The van der Waals surface area contributed by atoms with Crippen molar-refractivity contribution < 1.29 is 9.53 Å². The van der Waals surface area contributed by atoms with Crippen molar-refractivity contribution >= 4 is 5.91 Å². The third kappa shape index (κ3) is 4.95. The first kappa shape index (κ1) is 20.4. The molecule has 1 amide bonds. The van der Waals surface area contributed by atoms with E-state index in [9.17, 15) is 4.79 Å². The highest BCUT2D eigenvalue weighted by molar-refractivity contribution is 5.81. The predicted molar refractivity (Wildman–Crippen MR) is 115 cm³/mol. The first-order chi connectivity index (χ1) is 13.2. The van der Waals surface area contributed by atoms with Gasteiger partial charge in [0.25, 0.3) is 5.91 Å². The van der Waals surface area contributed by atoms with Crippen molar-refractivity contribution in [2.75, 3.05) is 0 Å². The van der Waals surface area contributed by atoms with Gasteiger partial charge in [-0.1, -0.05) is 51.1 Å². The van der Waals surface area contributed by atoms with E-state index in [1.165, 1.54) is 29.5 Å². The first-order valence-corrected chi connectivity index (χ1v) is 10.4. The standard InChI is InChI=1S/C25H33NO2/c1-17(19-10-13-22(14-11-19)25(3,4)5)26-24(27)18(2)28-23-15-12-20-8-6-7-9-21(20)16-23/h10-18H,6-9H2,1-5H3,(H,26,27)/t17-,18+/m1/s1. The van der Waals surface area contributed by atoms with Crippen molar-refractivity contribution in [1.82, 2.24) is 5.32 Å². The third-order valence-electron chi connectivity index (χ3n) is 5.64. The van der Waals surface area contributed by atoms with Gasteiger partial charge in [0, 0.05) is 0 Å². The molecular formula is C25H33NO2. The van der Waals surface area contributed by atoms with Gasteiger partial charge in [-0.25, -0.2) is 0 Å². The molecule has 2 aromatic rings. The maximum absolute atomic E-state index is 12.6. The third-order valence-corrected chi connectivity index (χ3v) is 5.64. The molecule has 0 aliphatic heterocycles. The van der Waals surface area contributed by atoms with Gasteiger partial charge >= 0.3 is 0 Å². The molecular weight excluding hydrogens is 346 g/mol. The van der Waals surface area contributed by atoms with E-state index in [4.69, 9.17) is 4.74 Å². The van der Waals surface area contributed by atoms with Crippen LogP contribution in [0.3, 0.4) is 0 Å². The van der Waals surface area contributed by atoms with E-state index in [0.717, 1.165) is 24.2 Å². The summed E-state index contributed by atoms with van der Waals surface area (Å²) >= 11 is 0. The summed E-state index contributed by atoms with van der Waals surface area (Å²) in [7, 11) is 0. The van der Waals surface area contributed by atoms with Crippen molar-refractivity contribution in [3.63, 3.8) is 0 Å². The van der Waals surface area contributed by atoms with E-state index in [1.807, 2.05) is 19.9 Å². The summed E-state index contributed by atoms with van der Waals surface area (Å²) in [6.45, 7) is 10.4. The van der Waals surface area contributed by atoms with Crippen LogP contribution in [0.4, 0.5) is 0 Å². The van der Waals surface area contributed by atoms with E-state index in [-0.39, 0.29) is 17.4 Å². The topological polar surface area (TPSA) is 38.3 Å². The highest BCUT2D eigenvalue weighted by Crippen LogP contribution is 2.26. The molecule has 0 heterocycles. The average molecular weight is 380 g/mol. The van der Waals surface area contributed by atoms with Gasteiger partial charge in [0.1, 0.15) is 5.75 Å². The van der Waals surface area contributed by atoms with E-state index in [2.05, 4.69) is 62.5 Å². The molecule has 28 heavy (non-hydrogen) atoms. The number of hydrogen-bond donors (Lipinski definition) is 1. The molecule has 0 spiro atoms. The van der Waals surface area contributed by atoms with Crippen LogP contribution in [0, 0.1) is 0 Å². The molecule has 0 aromatic heterocycles. The Balaban J connectivity index is 1.59. The molecule has 0 unspecified atom stereocenters. The zero-order valence-electron chi connectivity index (χ0n) is 17.8. The summed E-state index contributed by atoms with van der Waals surface area (Å²) < 4.78 is 5.93. The largest absolute Gasteiger partial charge is 0.481 e. The number of ether oxygens (including phenoxy) is 1. The SMILES string of the molecule is C[C@H](Oc1ccc2c(c1)CCCC2)C(=O)N[C@H](C)c1ccc(C(C)(C)C)cc1. The molecule has 3 nitrogen and oxygen atoms in total. The van der Waals surface area contributed by atoms with Crippen molar-refractivity contribution in [2.24, 2.45) is 0 Å². The van der Waals surface area contributed by atoms with Crippen LogP contribution in [0.1, 0.15) is 75.8 Å². The minimum Gasteiger partial charge on any atom is -0.481 e. The van der Waals surface area contributed by atoms with Crippen LogP contribution < -0.4 is 10.1 Å². The minimum atomic E-state index is -0.530. The second kappa shape index (κ2) is 8.38. The molecule has 0 saturated carbocycles. The number of aryl methyl sites for hydroxylation is 2. The summed E-state index contributed by atoms with van der Waals surface area (Å²) in [6.07, 6.45) is 4.22. The Morgan fingerprint density at radius 3 is 2.25 bits per heavy atom. The highest BCUT2D eigenvalue weighted by atomic mass is 16.5. The Morgan fingerprint density at radius 2 is 1.61 bits per heavy atom. The quantitative estimate of drug-likeness (QED) is 0.744. The summed E-state index contributed by atoms with van der Waals surface area (Å²) in [4.78, 5) is 12.6.